The summed E-state index contributed by atoms with van der Waals surface area (Å²) in [5.74, 6) is 2.63. The summed E-state index contributed by atoms with van der Waals surface area (Å²) in [7, 11) is 0. The van der Waals surface area contributed by atoms with Crippen molar-refractivity contribution in [2.24, 2.45) is 11.8 Å². The zero-order valence-electron chi connectivity index (χ0n) is 23.6. The molecule has 0 bridgehead atoms. The maximum absolute atomic E-state index is 12.2. The highest BCUT2D eigenvalue weighted by Gasteiger charge is 2.49. The molecule has 1 saturated carbocycles. The minimum absolute atomic E-state index is 0.0470. The molecule has 2 aliphatic rings. The van der Waals surface area contributed by atoms with Gasteiger partial charge < -0.3 is 18.9 Å². The van der Waals surface area contributed by atoms with E-state index in [0.717, 1.165) is 24.7 Å². The first-order valence-corrected chi connectivity index (χ1v) is 15.5. The lowest BCUT2D eigenvalue weighted by molar-refractivity contribution is 0.0561. The number of benzene rings is 1. The van der Waals surface area contributed by atoms with Crippen molar-refractivity contribution < 1.29 is 23.7 Å². The third-order valence-corrected chi connectivity index (χ3v) is 8.06. The van der Waals surface area contributed by atoms with Crippen LogP contribution >= 0.6 is 0 Å². The number of unbranched alkanes of at least 4 members (excludes halogenated alkanes) is 11. The molecule has 1 heterocycles. The number of carbonyl (C=O) groups is 1. The maximum atomic E-state index is 12.2. The minimum Gasteiger partial charge on any atom is -0.494 e. The van der Waals surface area contributed by atoms with E-state index in [0.29, 0.717) is 11.7 Å². The topological polar surface area (TPSA) is 57.3 Å². The molecule has 37 heavy (non-hydrogen) atoms. The van der Waals surface area contributed by atoms with Crippen molar-refractivity contribution in [3.05, 3.63) is 24.3 Å². The fourth-order valence-electron chi connectivity index (χ4n) is 5.62. The predicted octanol–water partition coefficient (Wildman–Crippen LogP) is 9.61. The van der Waals surface area contributed by atoms with Gasteiger partial charge in [-0.2, -0.15) is 0 Å². The van der Waals surface area contributed by atoms with E-state index in [1.54, 1.807) is 12.1 Å². The van der Waals surface area contributed by atoms with Crippen molar-refractivity contribution in [2.75, 3.05) is 6.61 Å². The van der Waals surface area contributed by atoms with Gasteiger partial charge in [-0.3, -0.25) is 0 Å². The fourth-order valence-corrected chi connectivity index (χ4v) is 5.62. The molecule has 210 valence electrons. The molecular weight excluding hydrogens is 464 g/mol. The average molecular weight is 517 g/mol. The highest BCUT2D eigenvalue weighted by atomic mass is 16.8. The molecule has 1 aliphatic carbocycles. The first-order valence-electron chi connectivity index (χ1n) is 15.5. The summed E-state index contributed by atoms with van der Waals surface area (Å²) in [5.41, 5.74) is 0. The Hall–Kier alpha value is -1.75. The lowest BCUT2D eigenvalue weighted by atomic mass is 9.78. The van der Waals surface area contributed by atoms with Crippen LogP contribution in [0.15, 0.2) is 24.3 Å². The Bertz CT molecular complexity index is 725. The van der Waals surface area contributed by atoms with Crippen LogP contribution in [0.1, 0.15) is 129 Å². The lowest BCUT2D eigenvalue weighted by Gasteiger charge is -2.27. The molecule has 0 spiro atoms. The van der Waals surface area contributed by atoms with E-state index in [-0.39, 0.29) is 6.10 Å². The quantitative estimate of drug-likeness (QED) is 0.0793. The summed E-state index contributed by atoms with van der Waals surface area (Å²) < 4.78 is 22.3. The first-order chi connectivity index (χ1) is 18.2. The molecule has 0 aromatic heterocycles. The average Bonchev–Trinajstić information content (AvgIpc) is 3.67. The van der Waals surface area contributed by atoms with Gasteiger partial charge in [0.25, 0.3) is 0 Å². The molecule has 2 fully saturated rings. The largest absolute Gasteiger partial charge is 0.516 e. The number of epoxide rings is 1. The normalized spacial score (nSPS) is 23.0. The number of hydrogen-bond acceptors (Lipinski definition) is 5. The first kappa shape index (κ1) is 29.8. The van der Waals surface area contributed by atoms with Crippen LogP contribution in [0.2, 0.25) is 0 Å². The second-order valence-electron chi connectivity index (χ2n) is 11.2. The third-order valence-electron chi connectivity index (χ3n) is 8.06. The zero-order chi connectivity index (χ0) is 26.1. The van der Waals surface area contributed by atoms with Gasteiger partial charge in [0.2, 0.25) is 6.29 Å². The van der Waals surface area contributed by atoms with Crippen LogP contribution in [0.3, 0.4) is 0 Å². The standard InChI is InChI=1S/C32H52O5/c1-3-5-7-8-9-10-11-12-13-15-25-34-28-21-23-29(24-22-28)35-32(33)37-31-30(36-31)27-19-17-26(18-20-27)16-14-6-4-2/h21-24,26-27,30-31H,3-20,25H2,1-2H3/t26-,27-,30-,31+/m0/s1. The third kappa shape index (κ3) is 12.1. The van der Waals surface area contributed by atoms with E-state index in [2.05, 4.69) is 13.8 Å². The summed E-state index contributed by atoms with van der Waals surface area (Å²) in [5, 5.41) is 0. The smallest absolute Gasteiger partial charge is 0.494 e. The van der Waals surface area contributed by atoms with Crippen molar-refractivity contribution in [3.8, 4) is 11.5 Å². The van der Waals surface area contributed by atoms with Crippen LogP contribution in [-0.2, 0) is 9.47 Å². The molecular formula is C32H52O5. The number of carbonyl (C=O) groups excluding carboxylic acids is 1. The maximum Gasteiger partial charge on any atom is 0.516 e. The number of hydrogen-bond donors (Lipinski definition) is 0. The van der Waals surface area contributed by atoms with E-state index < -0.39 is 12.4 Å². The summed E-state index contributed by atoms with van der Waals surface area (Å²) in [6, 6.07) is 7.18. The monoisotopic (exact) mass is 516 g/mol. The van der Waals surface area contributed by atoms with Crippen LogP contribution in [-0.4, -0.2) is 25.2 Å². The Kier molecular flexibility index (Phi) is 14.3. The Morgan fingerprint density at radius 1 is 0.757 bits per heavy atom. The Balaban J connectivity index is 1.20. The number of ether oxygens (including phenoxy) is 4. The van der Waals surface area contributed by atoms with E-state index in [9.17, 15) is 4.79 Å². The van der Waals surface area contributed by atoms with Gasteiger partial charge in [-0.1, -0.05) is 110 Å². The van der Waals surface area contributed by atoms with E-state index in [4.69, 9.17) is 18.9 Å². The Morgan fingerprint density at radius 2 is 1.32 bits per heavy atom. The predicted molar refractivity (Wildman–Crippen MR) is 149 cm³/mol. The summed E-state index contributed by atoms with van der Waals surface area (Å²) in [6.45, 7) is 5.25. The van der Waals surface area contributed by atoms with Crippen molar-refractivity contribution in [1.82, 2.24) is 0 Å². The van der Waals surface area contributed by atoms with Crippen LogP contribution in [0.25, 0.3) is 0 Å². The van der Waals surface area contributed by atoms with Crippen LogP contribution in [0, 0.1) is 11.8 Å². The summed E-state index contributed by atoms with van der Waals surface area (Å²) in [4.78, 5) is 12.2. The van der Waals surface area contributed by atoms with Gasteiger partial charge in [0.05, 0.1) is 6.61 Å². The fraction of sp³-hybridized carbons (Fsp3) is 0.781. The highest BCUT2D eigenvalue weighted by Crippen LogP contribution is 2.41. The molecule has 0 amide bonds. The molecule has 0 radical (unpaired) electrons. The molecule has 5 nitrogen and oxygen atoms in total. The van der Waals surface area contributed by atoms with Crippen molar-refractivity contribution in [3.63, 3.8) is 0 Å². The van der Waals surface area contributed by atoms with E-state index in [1.165, 1.54) is 109 Å². The van der Waals surface area contributed by atoms with Crippen LogP contribution in [0.4, 0.5) is 4.79 Å². The van der Waals surface area contributed by atoms with Gasteiger partial charge >= 0.3 is 6.16 Å². The van der Waals surface area contributed by atoms with Gasteiger partial charge in [0, 0.05) is 0 Å². The molecule has 5 heteroatoms. The zero-order valence-corrected chi connectivity index (χ0v) is 23.6. The molecule has 1 aromatic carbocycles. The lowest BCUT2D eigenvalue weighted by Crippen LogP contribution is -2.22. The van der Waals surface area contributed by atoms with Crippen molar-refractivity contribution in [2.45, 2.75) is 142 Å². The summed E-state index contributed by atoms with van der Waals surface area (Å²) in [6.07, 6.45) is 22.3. The van der Waals surface area contributed by atoms with Crippen molar-refractivity contribution >= 4 is 6.16 Å². The molecule has 1 saturated heterocycles. The molecule has 1 aromatic rings. The highest BCUT2D eigenvalue weighted by molar-refractivity contribution is 5.64. The van der Waals surface area contributed by atoms with E-state index >= 15 is 0 Å². The molecule has 0 unspecified atom stereocenters. The molecule has 1 aliphatic heterocycles. The van der Waals surface area contributed by atoms with Gasteiger partial charge in [-0.25, -0.2) is 4.79 Å². The van der Waals surface area contributed by atoms with Crippen LogP contribution < -0.4 is 9.47 Å². The van der Waals surface area contributed by atoms with Crippen LogP contribution in [0.5, 0.6) is 11.5 Å². The molecule has 2 atom stereocenters. The Morgan fingerprint density at radius 3 is 1.97 bits per heavy atom. The Labute approximate surface area is 226 Å². The van der Waals surface area contributed by atoms with Gasteiger partial charge in [-0.15, -0.1) is 0 Å². The van der Waals surface area contributed by atoms with Gasteiger partial charge in [0.15, 0.2) is 0 Å². The second kappa shape index (κ2) is 17.7. The van der Waals surface area contributed by atoms with E-state index in [1.807, 2.05) is 12.1 Å². The minimum atomic E-state index is -0.695. The summed E-state index contributed by atoms with van der Waals surface area (Å²) >= 11 is 0. The SMILES string of the molecule is CCCCCCCCCCCCOc1ccc(OC(=O)O[C@H]2O[C@H]2[C@H]2CC[C@H](CCCCC)CC2)cc1. The molecule has 0 N–H and O–H groups in total. The van der Waals surface area contributed by atoms with Gasteiger partial charge in [-0.05, 0) is 55.4 Å². The van der Waals surface area contributed by atoms with Crippen molar-refractivity contribution in [1.29, 1.82) is 0 Å². The second-order valence-corrected chi connectivity index (χ2v) is 11.2. The number of rotatable bonds is 19. The molecule has 3 rings (SSSR count). The van der Waals surface area contributed by atoms with Gasteiger partial charge in [0.1, 0.15) is 17.6 Å².